The summed E-state index contributed by atoms with van der Waals surface area (Å²) in [6, 6.07) is -0.0992. The Morgan fingerprint density at radius 1 is 1.10 bits per heavy atom. The Bertz CT molecular complexity index is 345. The molecule has 0 atom stereocenters. The number of amides is 2. The van der Waals surface area contributed by atoms with Crippen LogP contribution in [0.25, 0.3) is 0 Å². The van der Waals surface area contributed by atoms with E-state index in [1.807, 2.05) is 11.8 Å². The molecule has 1 saturated carbocycles. The van der Waals surface area contributed by atoms with E-state index >= 15 is 0 Å². The van der Waals surface area contributed by atoms with Crippen molar-refractivity contribution in [2.24, 2.45) is 0 Å². The Morgan fingerprint density at radius 3 is 2.35 bits per heavy atom. The molecule has 1 aliphatic heterocycles. The van der Waals surface area contributed by atoms with Gasteiger partial charge in [0, 0.05) is 13.1 Å². The number of carbonyl (C=O) groups is 2. The summed E-state index contributed by atoms with van der Waals surface area (Å²) >= 11 is 0. The van der Waals surface area contributed by atoms with Gasteiger partial charge in [0.05, 0.1) is 6.61 Å². The number of carbonyl (C=O) groups excluding carboxylic acids is 2. The highest BCUT2D eigenvalue weighted by molar-refractivity contribution is 5.87. The van der Waals surface area contributed by atoms with Gasteiger partial charge in [-0.1, -0.05) is 26.2 Å². The fourth-order valence-electron chi connectivity index (χ4n) is 3.07. The normalized spacial score (nSPS) is 21.6. The van der Waals surface area contributed by atoms with Crippen molar-refractivity contribution in [1.82, 2.24) is 10.2 Å². The van der Waals surface area contributed by atoms with Crippen LogP contribution in [0.4, 0.5) is 4.79 Å². The highest BCUT2D eigenvalue weighted by Crippen LogP contribution is 2.30. The van der Waals surface area contributed by atoms with Gasteiger partial charge < -0.3 is 15.0 Å². The first kappa shape index (κ1) is 15.1. The third-order valence-electron chi connectivity index (χ3n) is 4.27. The van der Waals surface area contributed by atoms with Gasteiger partial charge in [-0.05, 0) is 32.1 Å². The van der Waals surface area contributed by atoms with E-state index in [0.29, 0.717) is 19.4 Å². The number of nitrogens with one attached hydrogen (secondary N) is 1. The second-order valence-electron chi connectivity index (χ2n) is 5.90. The SMILES string of the molecule is CCCOC(=O)C1(NC(=O)N2CCCC2)CCCCC1. The zero-order chi connectivity index (χ0) is 14.4. The van der Waals surface area contributed by atoms with Crippen LogP contribution in [0, 0.1) is 0 Å². The molecule has 0 aromatic heterocycles. The number of rotatable bonds is 4. The predicted molar refractivity (Wildman–Crippen MR) is 76.4 cm³/mol. The predicted octanol–water partition coefficient (Wildman–Crippen LogP) is 2.45. The van der Waals surface area contributed by atoms with Gasteiger partial charge in [-0.15, -0.1) is 0 Å². The van der Waals surface area contributed by atoms with Crippen LogP contribution >= 0.6 is 0 Å². The largest absolute Gasteiger partial charge is 0.464 e. The van der Waals surface area contributed by atoms with E-state index < -0.39 is 5.54 Å². The van der Waals surface area contributed by atoms with Crippen molar-refractivity contribution in [3.05, 3.63) is 0 Å². The molecule has 5 nitrogen and oxygen atoms in total. The third-order valence-corrected chi connectivity index (χ3v) is 4.27. The molecule has 2 rings (SSSR count). The van der Waals surface area contributed by atoms with E-state index in [1.54, 1.807) is 0 Å². The van der Waals surface area contributed by atoms with Crippen molar-refractivity contribution in [3.8, 4) is 0 Å². The molecule has 0 aromatic carbocycles. The first-order chi connectivity index (χ1) is 9.68. The van der Waals surface area contributed by atoms with Crippen LogP contribution in [0.3, 0.4) is 0 Å². The van der Waals surface area contributed by atoms with Crippen molar-refractivity contribution in [3.63, 3.8) is 0 Å². The standard InChI is InChI=1S/C15H26N2O3/c1-2-12-20-13(18)15(8-4-3-5-9-15)16-14(19)17-10-6-7-11-17/h2-12H2,1H3,(H,16,19). The van der Waals surface area contributed by atoms with Gasteiger partial charge in [0.25, 0.3) is 0 Å². The molecule has 0 unspecified atom stereocenters. The van der Waals surface area contributed by atoms with Gasteiger partial charge in [-0.3, -0.25) is 0 Å². The molecule has 2 amide bonds. The maximum absolute atomic E-state index is 12.4. The summed E-state index contributed by atoms with van der Waals surface area (Å²) in [6.45, 7) is 4.00. The number of ether oxygens (including phenoxy) is 1. The quantitative estimate of drug-likeness (QED) is 0.806. The van der Waals surface area contributed by atoms with Crippen molar-refractivity contribution < 1.29 is 14.3 Å². The molecule has 1 saturated heterocycles. The molecule has 114 valence electrons. The summed E-state index contributed by atoms with van der Waals surface area (Å²) in [5.41, 5.74) is -0.785. The summed E-state index contributed by atoms with van der Waals surface area (Å²) in [5.74, 6) is -0.244. The van der Waals surface area contributed by atoms with E-state index in [1.165, 1.54) is 0 Å². The van der Waals surface area contributed by atoms with Crippen molar-refractivity contribution in [1.29, 1.82) is 0 Å². The van der Waals surface area contributed by atoms with Gasteiger partial charge in [0.1, 0.15) is 5.54 Å². The van der Waals surface area contributed by atoms with E-state index in [4.69, 9.17) is 4.74 Å². The molecule has 1 aliphatic carbocycles. The van der Waals surface area contributed by atoms with E-state index in [0.717, 1.165) is 51.6 Å². The van der Waals surface area contributed by atoms with Crippen LogP contribution in [0.1, 0.15) is 58.3 Å². The second-order valence-corrected chi connectivity index (χ2v) is 5.90. The number of urea groups is 1. The summed E-state index contributed by atoms with van der Waals surface area (Å²) in [5, 5.41) is 3.00. The highest BCUT2D eigenvalue weighted by atomic mass is 16.5. The van der Waals surface area contributed by atoms with Crippen LogP contribution in [-0.4, -0.2) is 42.1 Å². The Labute approximate surface area is 121 Å². The summed E-state index contributed by atoms with van der Waals surface area (Å²) in [6.07, 6.45) is 7.40. The molecular weight excluding hydrogens is 256 g/mol. The van der Waals surface area contributed by atoms with Crippen LogP contribution in [-0.2, 0) is 9.53 Å². The lowest BCUT2D eigenvalue weighted by Crippen LogP contribution is -2.59. The number of nitrogens with zero attached hydrogens (tertiary/aromatic N) is 1. The van der Waals surface area contributed by atoms with Crippen LogP contribution < -0.4 is 5.32 Å². The molecule has 5 heteroatoms. The lowest BCUT2D eigenvalue weighted by molar-refractivity contribution is -0.152. The molecule has 20 heavy (non-hydrogen) atoms. The Kier molecular flexibility index (Phi) is 5.26. The van der Waals surface area contributed by atoms with Crippen molar-refractivity contribution in [2.45, 2.75) is 63.8 Å². The number of hydrogen-bond acceptors (Lipinski definition) is 3. The van der Waals surface area contributed by atoms with Crippen LogP contribution in [0.15, 0.2) is 0 Å². The minimum Gasteiger partial charge on any atom is -0.464 e. The molecule has 0 aromatic rings. The number of hydrogen-bond donors (Lipinski definition) is 1. The Hall–Kier alpha value is -1.26. The molecule has 1 heterocycles. The molecular formula is C15H26N2O3. The minimum atomic E-state index is -0.785. The molecule has 0 bridgehead atoms. The van der Waals surface area contributed by atoms with Crippen molar-refractivity contribution in [2.75, 3.05) is 19.7 Å². The van der Waals surface area contributed by atoms with E-state index in [9.17, 15) is 9.59 Å². The molecule has 0 spiro atoms. The average molecular weight is 282 g/mol. The van der Waals surface area contributed by atoms with Crippen LogP contribution in [0.2, 0.25) is 0 Å². The Morgan fingerprint density at radius 2 is 1.75 bits per heavy atom. The average Bonchev–Trinajstić information content (AvgIpc) is 3.00. The lowest BCUT2D eigenvalue weighted by Gasteiger charge is -2.36. The topological polar surface area (TPSA) is 58.6 Å². The smallest absolute Gasteiger partial charge is 0.331 e. The highest BCUT2D eigenvalue weighted by Gasteiger charge is 2.43. The zero-order valence-corrected chi connectivity index (χ0v) is 12.5. The van der Waals surface area contributed by atoms with Crippen molar-refractivity contribution >= 4 is 12.0 Å². The third kappa shape index (κ3) is 3.44. The van der Waals surface area contributed by atoms with Crippen LogP contribution in [0.5, 0.6) is 0 Å². The van der Waals surface area contributed by atoms with E-state index in [2.05, 4.69) is 5.32 Å². The van der Waals surface area contributed by atoms with Gasteiger partial charge >= 0.3 is 12.0 Å². The fourth-order valence-corrected chi connectivity index (χ4v) is 3.07. The first-order valence-corrected chi connectivity index (χ1v) is 7.92. The summed E-state index contributed by atoms with van der Waals surface area (Å²) in [7, 11) is 0. The fraction of sp³-hybridized carbons (Fsp3) is 0.867. The lowest BCUT2D eigenvalue weighted by atomic mass is 9.81. The second kappa shape index (κ2) is 6.95. The van der Waals surface area contributed by atoms with Gasteiger partial charge in [-0.25, -0.2) is 9.59 Å². The monoisotopic (exact) mass is 282 g/mol. The molecule has 2 aliphatic rings. The maximum Gasteiger partial charge on any atom is 0.331 e. The zero-order valence-electron chi connectivity index (χ0n) is 12.5. The molecule has 1 N–H and O–H groups in total. The van der Waals surface area contributed by atoms with Gasteiger partial charge in [-0.2, -0.15) is 0 Å². The van der Waals surface area contributed by atoms with E-state index in [-0.39, 0.29) is 12.0 Å². The maximum atomic E-state index is 12.4. The molecule has 2 fully saturated rings. The number of esters is 1. The minimum absolute atomic E-state index is 0.0992. The summed E-state index contributed by atoms with van der Waals surface area (Å²) in [4.78, 5) is 26.5. The van der Waals surface area contributed by atoms with Gasteiger partial charge in [0.2, 0.25) is 0 Å². The molecule has 0 radical (unpaired) electrons. The number of likely N-dealkylation sites (tertiary alicyclic amines) is 1. The summed E-state index contributed by atoms with van der Waals surface area (Å²) < 4.78 is 5.33. The van der Waals surface area contributed by atoms with Gasteiger partial charge in [0.15, 0.2) is 0 Å². The first-order valence-electron chi connectivity index (χ1n) is 7.92. The Balaban J connectivity index is 2.01.